The predicted octanol–water partition coefficient (Wildman–Crippen LogP) is 4.36. The van der Waals surface area contributed by atoms with E-state index < -0.39 is 0 Å². The summed E-state index contributed by atoms with van der Waals surface area (Å²) in [6.45, 7) is 4.04. The van der Waals surface area contributed by atoms with Gasteiger partial charge in [0, 0.05) is 17.4 Å². The second-order valence-corrected chi connectivity index (χ2v) is 4.81. The van der Waals surface area contributed by atoms with Crippen molar-refractivity contribution in [2.45, 2.75) is 13.8 Å². The first-order valence-corrected chi connectivity index (χ1v) is 6.58. The lowest BCUT2D eigenvalue weighted by molar-refractivity contribution is 0.414. The van der Waals surface area contributed by atoms with E-state index in [-0.39, 0.29) is 0 Å². The molecule has 0 atom stereocenters. The second kappa shape index (κ2) is 4.93. The summed E-state index contributed by atoms with van der Waals surface area (Å²) in [5, 5.41) is 0. The van der Waals surface area contributed by atoms with E-state index in [0.29, 0.717) is 0 Å². The summed E-state index contributed by atoms with van der Waals surface area (Å²) in [6, 6.07) is 16.2. The normalized spacial score (nSPS) is 10.8. The van der Waals surface area contributed by atoms with Gasteiger partial charge >= 0.3 is 0 Å². The highest BCUT2D eigenvalue weighted by Crippen LogP contribution is 2.29. The van der Waals surface area contributed by atoms with Gasteiger partial charge in [0.15, 0.2) is 5.76 Å². The highest BCUT2D eigenvalue weighted by molar-refractivity contribution is 5.60. The zero-order chi connectivity index (χ0) is 14.1. The number of hydrogen-bond acceptors (Lipinski definition) is 2. The number of nitrogens with zero attached hydrogens (tertiary/aromatic N) is 1. The molecule has 0 spiro atoms. The van der Waals surface area contributed by atoms with Gasteiger partial charge in [0.05, 0.1) is 12.8 Å². The Hall–Kier alpha value is -2.42. The fourth-order valence-corrected chi connectivity index (χ4v) is 2.40. The van der Waals surface area contributed by atoms with Crippen molar-refractivity contribution in [1.82, 2.24) is 4.57 Å². The Morgan fingerprint density at radius 3 is 2.55 bits per heavy atom. The van der Waals surface area contributed by atoms with Crippen LogP contribution in [-0.4, -0.2) is 11.7 Å². The Balaban J connectivity index is 2.15. The van der Waals surface area contributed by atoms with E-state index >= 15 is 0 Å². The lowest BCUT2D eigenvalue weighted by Crippen LogP contribution is -1.98. The largest absolute Gasteiger partial charge is 0.497 e. The van der Waals surface area contributed by atoms with Crippen molar-refractivity contribution < 1.29 is 9.15 Å². The first-order valence-electron chi connectivity index (χ1n) is 6.58. The Bertz CT molecular complexity index is 737. The van der Waals surface area contributed by atoms with E-state index in [1.807, 2.05) is 37.3 Å². The second-order valence-electron chi connectivity index (χ2n) is 4.81. The highest BCUT2D eigenvalue weighted by atomic mass is 16.5. The summed E-state index contributed by atoms with van der Waals surface area (Å²) in [4.78, 5) is 0. The minimum Gasteiger partial charge on any atom is -0.497 e. The molecule has 0 radical (unpaired) electrons. The van der Waals surface area contributed by atoms with Gasteiger partial charge < -0.3 is 13.7 Å². The van der Waals surface area contributed by atoms with Gasteiger partial charge in [0.1, 0.15) is 11.5 Å². The van der Waals surface area contributed by atoms with E-state index in [2.05, 4.69) is 29.7 Å². The molecule has 0 fully saturated rings. The van der Waals surface area contributed by atoms with Crippen LogP contribution in [0.5, 0.6) is 5.75 Å². The van der Waals surface area contributed by atoms with Crippen LogP contribution in [0.2, 0.25) is 0 Å². The maximum Gasteiger partial charge on any atom is 0.151 e. The molecule has 0 unspecified atom stereocenters. The molecule has 2 aromatic heterocycles. The quantitative estimate of drug-likeness (QED) is 0.705. The Morgan fingerprint density at radius 2 is 1.85 bits per heavy atom. The van der Waals surface area contributed by atoms with Crippen LogP contribution < -0.4 is 4.74 Å². The van der Waals surface area contributed by atoms with Crippen molar-refractivity contribution in [2.24, 2.45) is 0 Å². The third-order valence-electron chi connectivity index (χ3n) is 3.38. The maximum absolute atomic E-state index is 5.75. The first-order chi connectivity index (χ1) is 9.69. The van der Waals surface area contributed by atoms with E-state index in [1.165, 1.54) is 0 Å². The lowest BCUT2D eigenvalue weighted by Gasteiger charge is -2.11. The van der Waals surface area contributed by atoms with Crippen LogP contribution in [0.3, 0.4) is 0 Å². The Labute approximate surface area is 118 Å². The van der Waals surface area contributed by atoms with E-state index in [9.17, 15) is 0 Å². The molecule has 0 amide bonds. The molecular formula is C17H17NO2. The third-order valence-corrected chi connectivity index (χ3v) is 3.38. The molecule has 0 aliphatic rings. The lowest BCUT2D eigenvalue weighted by atomic mass is 10.2. The zero-order valence-electron chi connectivity index (χ0n) is 11.9. The summed E-state index contributed by atoms with van der Waals surface area (Å²) in [5.74, 6) is 2.63. The van der Waals surface area contributed by atoms with Gasteiger partial charge in [-0.1, -0.05) is 6.07 Å². The molecule has 0 N–H and O–H groups in total. The molecule has 0 bridgehead atoms. The summed E-state index contributed by atoms with van der Waals surface area (Å²) < 4.78 is 13.2. The topological polar surface area (TPSA) is 27.3 Å². The fraction of sp³-hybridized carbons (Fsp3) is 0.176. The van der Waals surface area contributed by atoms with Crippen LogP contribution in [-0.2, 0) is 0 Å². The maximum atomic E-state index is 5.75. The summed E-state index contributed by atoms with van der Waals surface area (Å²) >= 11 is 0. The van der Waals surface area contributed by atoms with E-state index in [1.54, 1.807) is 7.11 Å². The molecule has 1 aromatic carbocycles. The Morgan fingerprint density at radius 1 is 1.00 bits per heavy atom. The molecule has 3 heteroatoms. The molecule has 0 saturated heterocycles. The van der Waals surface area contributed by atoms with E-state index in [4.69, 9.17) is 9.15 Å². The highest BCUT2D eigenvalue weighted by Gasteiger charge is 2.12. The standard InChI is InChI=1S/C17H17NO2/c1-12-7-9-16(17-10-8-13(2)20-17)18(12)14-5-4-6-15(11-14)19-3/h4-11H,1-3H3. The van der Waals surface area contributed by atoms with Crippen molar-refractivity contribution in [3.63, 3.8) is 0 Å². The van der Waals surface area contributed by atoms with Crippen LogP contribution in [0.4, 0.5) is 0 Å². The van der Waals surface area contributed by atoms with Crippen LogP contribution in [0.15, 0.2) is 52.9 Å². The molecule has 102 valence electrons. The van der Waals surface area contributed by atoms with Gasteiger partial charge in [-0.25, -0.2) is 0 Å². The van der Waals surface area contributed by atoms with Gasteiger partial charge in [-0.15, -0.1) is 0 Å². The number of aromatic nitrogens is 1. The predicted molar refractivity (Wildman–Crippen MR) is 79.5 cm³/mol. The van der Waals surface area contributed by atoms with Crippen molar-refractivity contribution in [1.29, 1.82) is 0 Å². The number of furan rings is 1. The molecule has 0 saturated carbocycles. The Kier molecular flexibility index (Phi) is 3.11. The van der Waals surface area contributed by atoms with Crippen LogP contribution >= 0.6 is 0 Å². The molecule has 3 rings (SSSR count). The smallest absolute Gasteiger partial charge is 0.151 e. The first kappa shape index (κ1) is 12.6. The zero-order valence-corrected chi connectivity index (χ0v) is 11.9. The van der Waals surface area contributed by atoms with Gasteiger partial charge in [0.2, 0.25) is 0 Å². The molecule has 3 nitrogen and oxygen atoms in total. The van der Waals surface area contributed by atoms with Gasteiger partial charge in [-0.2, -0.15) is 0 Å². The number of hydrogen-bond donors (Lipinski definition) is 0. The number of aryl methyl sites for hydroxylation is 2. The minimum atomic E-state index is 0.845. The van der Waals surface area contributed by atoms with E-state index in [0.717, 1.165) is 34.3 Å². The van der Waals surface area contributed by atoms with Crippen molar-refractivity contribution >= 4 is 0 Å². The van der Waals surface area contributed by atoms with Crippen LogP contribution in [0.25, 0.3) is 17.1 Å². The molecule has 0 aliphatic heterocycles. The molecule has 0 aliphatic carbocycles. The van der Waals surface area contributed by atoms with Crippen molar-refractivity contribution in [2.75, 3.05) is 7.11 Å². The monoisotopic (exact) mass is 267 g/mol. The van der Waals surface area contributed by atoms with Crippen molar-refractivity contribution in [3.8, 4) is 22.9 Å². The number of ether oxygens (including phenoxy) is 1. The minimum absolute atomic E-state index is 0.845. The number of methoxy groups -OCH3 is 1. The summed E-state index contributed by atoms with van der Waals surface area (Å²) in [7, 11) is 1.68. The molecular weight excluding hydrogens is 250 g/mol. The third kappa shape index (κ3) is 2.11. The molecule has 3 aromatic rings. The van der Waals surface area contributed by atoms with Gasteiger partial charge in [-0.3, -0.25) is 0 Å². The average molecular weight is 267 g/mol. The van der Waals surface area contributed by atoms with Crippen molar-refractivity contribution in [3.05, 3.63) is 60.0 Å². The average Bonchev–Trinajstić information content (AvgIpc) is 3.05. The fourth-order valence-electron chi connectivity index (χ4n) is 2.40. The van der Waals surface area contributed by atoms with Crippen LogP contribution in [0, 0.1) is 13.8 Å². The number of rotatable bonds is 3. The molecule has 2 heterocycles. The van der Waals surface area contributed by atoms with Gasteiger partial charge in [-0.05, 0) is 50.2 Å². The van der Waals surface area contributed by atoms with Crippen LogP contribution in [0.1, 0.15) is 11.5 Å². The summed E-state index contributed by atoms with van der Waals surface area (Å²) in [5.41, 5.74) is 3.27. The number of benzene rings is 1. The summed E-state index contributed by atoms with van der Waals surface area (Å²) in [6.07, 6.45) is 0. The van der Waals surface area contributed by atoms with Gasteiger partial charge in [0.25, 0.3) is 0 Å². The molecule has 20 heavy (non-hydrogen) atoms. The SMILES string of the molecule is COc1cccc(-n2c(C)ccc2-c2ccc(C)o2)c1.